The molecule has 0 heterocycles. The van der Waals surface area contributed by atoms with E-state index in [-0.39, 0.29) is 0 Å². The molecule has 0 radical (unpaired) electrons. The predicted molar refractivity (Wildman–Crippen MR) is 171 cm³/mol. The van der Waals surface area contributed by atoms with Crippen LogP contribution in [-0.2, 0) is 0 Å². The number of rotatable bonds is 7. The molecule has 0 atom stereocenters. The van der Waals surface area contributed by atoms with E-state index < -0.39 is 0 Å². The van der Waals surface area contributed by atoms with Gasteiger partial charge >= 0.3 is 0 Å². The summed E-state index contributed by atoms with van der Waals surface area (Å²) in [5.74, 6) is 0. The Balaban J connectivity index is 1.44. The molecule has 6 aromatic rings. The first kappa shape index (κ1) is 25.2. The molecule has 40 heavy (non-hydrogen) atoms. The van der Waals surface area contributed by atoms with Gasteiger partial charge in [-0.05, 0) is 109 Å². The van der Waals surface area contributed by atoms with Crippen LogP contribution in [0.1, 0.15) is 11.1 Å². The highest BCUT2D eigenvalue weighted by atomic mass is 15.1. The summed E-state index contributed by atoms with van der Waals surface area (Å²) in [6.45, 7) is 4.28. The molecule has 0 unspecified atom stereocenters. The van der Waals surface area contributed by atoms with Crippen molar-refractivity contribution in [2.75, 3.05) is 9.80 Å². The van der Waals surface area contributed by atoms with Crippen LogP contribution in [0.25, 0.3) is 11.1 Å². The third-order valence-corrected chi connectivity index (χ3v) is 7.09. The highest BCUT2D eigenvalue weighted by molar-refractivity contribution is 5.83. The number of para-hydroxylation sites is 2. The lowest BCUT2D eigenvalue weighted by molar-refractivity contribution is 1.27. The second kappa shape index (κ2) is 11.3. The van der Waals surface area contributed by atoms with Crippen molar-refractivity contribution in [1.82, 2.24) is 0 Å². The maximum Gasteiger partial charge on any atom is 0.0467 e. The Labute approximate surface area is 237 Å². The summed E-state index contributed by atoms with van der Waals surface area (Å²) >= 11 is 0. The van der Waals surface area contributed by atoms with Gasteiger partial charge in [0.25, 0.3) is 0 Å². The fourth-order valence-electron chi connectivity index (χ4n) is 5.23. The monoisotopic (exact) mass is 516 g/mol. The second-order valence-electron chi connectivity index (χ2n) is 10.1. The maximum atomic E-state index is 2.32. The lowest BCUT2D eigenvalue weighted by atomic mass is 10.0. The van der Waals surface area contributed by atoms with Gasteiger partial charge in [-0.25, -0.2) is 0 Å². The number of hydrogen-bond acceptors (Lipinski definition) is 2. The van der Waals surface area contributed by atoms with Gasteiger partial charge in [0.1, 0.15) is 0 Å². The fraction of sp³-hybridized carbons (Fsp3) is 0.0526. The molecule has 194 valence electrons. The molecule has 0 N–H and O–H groups in total. The third-order valence-electron chi connectivity index (χ3n) is 7.09. The van der Waals surface area contributed by atoms with Crippen LogP contribution >= 0.6 is 0 Å². The van der Waals surface area contributed by atoms with Crippen molar-refractivity contribution in [3.63, 3.8) is 0 Å². The number of hydrogen-bond donors (Lipinski definition) is 0. The Morgan fingerprint density at radius 3 is 1.00 bits per heavy atom. The fourth-order valence-corrected chi connectivity index (χ4v) is 5.23. The number of benzene rings is 6. The molecule has 0 aliphatic rings. The highest BCUT2D eigenvalue weighted by Crippen LogP contribution is 2.39. The van der Waals surface area contributed by atoms with Crippen molar-refractivity contribution in [2.45, 2.75) is 13.8 Å². The molecule has 0 bridgehead atoms. The first-order chi connectivity index (χ1) is 19.7. The number of anilines is 6. The molecular weight excluding hydrogens is 484 g/mol. The van der Waals surface area contributed by atoms with Crippen molar-refractivity contribution in [2.24, 2.45) is 0 Å². The number of nitrogens with zero attached hydrogens (tertiary/aromatic N) is 2. The van der Waals surface area contributed by atoms with E-state index in [1.807, 2.05) is 0 Å². The van der Waals surface area contributed by atoms with Crippen LogP contribution in [0.3, 0.4) is 0 Å². The van der Waals surface area contributed by atoms with E-state index in [9.17, 15) is 0 Å². The van der Waals surface area contributed by atoms with Crippen LogP contribution in [-0.4, -0.2) is 0 Å². The van der Waals surface area contributed by atoms with Gasteiger partial charge in [0.2, 0.25) is 0 Å². The molecule has 2 heteroatoms. The molecule has 0 fully saturated rings. The van der Waals surface area contributed by atoms with Gasteiger partial charge in [0.05, 0.1) is 0 Å². The standard InChI is InChI=1S/C38H32N2/c1-29-13-9-21-35(25-29)39(33-17-5-3-6-18-33)37-23-11-15-31(27-37)32-16-12-24-38(28-32)40(34-19-7-4-8-20-34)36-22-10-14-30(2)26-36/h3-28H,1-2H3. The maximum absolute atomic E-state index is 2.32. The predicted octanol–water partition coefficient (Wildman–Crippen LogP) is 10.9. The van der Waals surface area contributed by atoms with Gasteiger partial charge in [0, 0.05) is 34.1 Å². The zero-order chi connectivity index (χ0) is 27.3. The molecular formula is C38H32N2. The molecule has 0 aliphatic heterocycles. The molecule has 2 nitrogen and oxygen atoms in total. The largest absolute Gasteiger partial charge is 0.310 e. The van der Waals surface area contributed by atoms with E-state index in [1.165, 1.54) is 22.3 Å². The van der Waals surface area contributed by atoms with Gasteiger partial charge in [-0.3, -0.25) is 0 Å². The minimum absolute atomic E-state index is 1.12. The first-order valence-corrected chi connectivity index (χ1v) is 13.7. The van der Waals surface area contributed by atoms with Crippen LogP contribution in [0.2, 0.25) is 0 Å². The summed E-state index contributed by atoms with van der Waals surface area (Å²) in [5, 5.41) is 0. The van der Waals surface area contributed by atoms with Gasteiger partial charge < -0.3 is 9.80 Å². The topological polar surface area (TPSA) is 6.48 Å². The van der Waals surface area contributed by atoms with Crippen LogP contribution in [0.4, 0.5) is 34.1 Å². The van der Waals surface area contributed by atoms with Crippen molar-refractivity contribution in [1.29, 1.82) is 0 Å². The van der Waals surface area contributed by atoms with Gasteiger partial charge in [0.15, 0.2) is 0 Å². The quantitative estimate of drug-likeness (QED) is 0.208. The molecule has 0 aromatic heterocycles. The van der Waals surface area contributed by atoms with E-state index in [0.29, 0.717) is 0 Å². The second-order valence-corrected chi connectivity index (χ2v) is 10.1. The zero-order valence-electron chi connectivity index (χ0n) is 22.9. The number of aryl methyl sites for hydroxylation is 2. The first-order valence-electron chi connectivity index (χ1n) is 13.7. The average Bonchev–Trinajstić information content (AvgIpc) is 2.99. The minimum atomic E-state index is 1.12. The lowest BCUT2D eigenvalue weighted by Gasteiger charge is -2.27. The molecule has 0 aliphatic carbocycles. The van der Waals surface area contributed by atoms with Gasteiger partial charge in [-0.15, -0.1) is 0 Å². The Kier molecular flexibility index (Phi) is 7.15. The van der Waals surface area contributed by atoms with E-state index in [4.69, 9.17) is 0 Å². The molecule has 0 saturated carbocycles. The zero-order valence-corrected chi connectivity index (χ0v) is 22.9. The van der Waals surface area contributed by atoms with Gasteiger partial charge in [-0.1, -0.05) is 84.9 Å². The summed E-state index contributed by atoms with van der Waals surface area (Å²) in [7, 11) is 0. The normalized spacial score (nSPS) is 10.8. The highest BCUT2D eigenvalue weighted by Gasteiger charge is 2.15. The Hall–Kier alpha value is -5.08. The van der Waals surface area contributed by atoms with E-state index >= 15 is 0 Å². The molecule has 6 rings (SSSR count). The molecule has 0 spiro atoms. The smallest absolute Gasteiger partial charge is 0.0467 e. The van der Waals surface area contributed by atoms with Crippen LogP contribution in [0.5, 0.6) is 0 Å². The molecule has 6 aromatic carbocycles. The Morgan fingerprint density at radius 2 is 0.625 bits per heavy atom. The lowest BCUT2D eigenvalue weighted by Crippen LogP contribution is -2.10. The summed E-state index contributed by atoms with van der Waals surface area (Å²) in [4.78, 5) is 4.65. The Bertz CT molecular complexity index is 1590. The van der Waals surface area contributed by atoms with Crippen molar-refractivity contribution < 1.29 is 0 Å². The SMILES string of the molecule is Cc1cccc(N(c2ccccc2)c2cccc(-c3cccc(N(c4ccccc4)c4cccc(C)c4)c3)c2)c1. The van der Waals surface area contributed by atoms with Crippen LogP contribution < -0.4 is 9.80 Å². The van der Waals surface area contributed by atoms with Crippen LogP contribution in [0.15, 0.2) is 158 Å². The van der Waals surface area contributed by atoms with E-state index in [0.717, 1.165) is 34.1 Å². The minimum Gasteiger partial charge on any atom is -0.310 e. The van der Waals surface area contributed by atoms with Crippen molar-refractivity contribution in [3.8, 4) is 11.1 Å². The summed E-state index contributed by atoms with van der Waals surface area (Å²) in [6.07, 6.45) is 0. The summed E-state index contributed by atoms with van der Waals surface area (Å²) in [5.41, 5.74) is 11.6. The van der Waals surface area contributed by atoms with Crippen molar-refractivity contribution >= 4 is 34.1 Å². The summed E-state index contributed by atoms with van der Waals surface area (Å²) < 4.78 is 0. The molecule has 0 saturated heterocycles. The molecule has 0 amide bonds. The van der Waals surface area contributed by atoms with E-state index in [2.05, 4.69) is 181 Å². The van der Waals surface area contributed by atoms with Crippen LogP contribution in [0, 0.1) is 13.8 Å². The van der Waals surface area contributed by atoms with Gasteiger partial charge in [-0.2, -0.15) is 0 Å². The van der Waals surface area contributed by atoms with Crippen molar-refractivity contribution in [3.05, 3.63) is 169 Å². The van der Waals surface area contributed by atoms with E-state index in [1.54, 1.807) is 0 Å². The average molecular weight is 517 g/mol. The summed E-state index contributed by atoms with van der Waals surface area (Å²) in [6, 6.07) is 56.1. The third kappa shape index (κ3) is 5.39. The Morgan fingerprint density at radius 1 is 0.300 bits per heavy atom.